The van der Waals surface area contributed by atoms with Crippen molar-refractivity contribution in [1.82, 2.24) is 9.80 Å². The number of halogens is 3. The van der Waals surface area contributed by atoms with Gasteiger partial charge in [0.1, 0.15) is 22.9 Å². The van der Waals surface area contributed by atoms with Crippen molar-refractivity contribution >= 4 is 45.8 Å². The lowest BCUT2D eigenvalue weighted by Gasteiger charge is -2.38. The number of nitrogens with one attached hydrogen (secondary N) is 2. The number of carbonyl (C=O) groups excluding carboxylic acids is 1. The number of rotatable bonds is 12. The maximum atomic E-state index is 14.7. The molecule has 14 heteroatoms. The summed E-state index contributed by atoms with van der Waals surface area (Å²) in [7, 11) is -3.35. The first-order chi connectivity index (χ1) is 20.9. The summed E-state index contributed by atoms with van der Waals surface area (Å²) >= 11 is 0. The topological polar surface area (TPSA) is 128 Å². The standard InChI is InChI=1S/C31H36F2N4O6S.ClH/c1-3-4-17-37(31(40)34-27-14-13-26(32)28(29(27)33)30(38)39)23-15-18-36(19-16-23)20-21-5-9-24(10-6-21)43-25-11-7-22(8-12-25)35-44(2,41)42;/h5-14,23,35H,3-4,15-20H2,1-2H3,(H,34,40)(H,38,39);1H. The van der Waals surface area contributed by atoms with Gasteiger partial charge >= 0.3 is 12.0 Å². The molecule has 1 aliphatic rings. The van der Waals surface area contributed by atoms with Crippen LogP contribution in [0.15, 0.2) is 60.7 Å². The Kier molecular flexibility index (Phi) is 12.5. The Hall–Kier alpha value is -3.94. The summed E-state index contributed by atoms with van der Waals surface area (Å²) in [6.07, 6.45) is 4.09. The van der Waals surface area contributed by atoms with Crippen LogP contribution in [-0.2, 0) is 16.6 Å². The molecule has 0 radical (unpaired) electrons. The van der Waals surface area contributed by atoms with Gasteiger partial charge in [0.05, 0.1) is 11.9 Å². The quantitative estimate of drug-likeness (QED) is 0.200. The van der Waals surface area contributed by atoms with Gasteiger partial charge < -0.3 is 20.1 Å². The fourth-order valence-electron chi connectivity index (χ4n) is 5.06. The second kappa shape index (κ2) is 15.9. The highest BCUT2D eigenvalue weighted by molar-refractivity contribution is 7.92. The number of aromatic carboxylic acids is 1. The molecule has 1 fully saturated rings. The predicted octanol–water partition coefficient (Wildman–Crippen LogP) is 6.55. The number of urea groups is 1. The number of anilines is 2. The number of hydrogen-bond acceptors (Lipinski definition) is 6. The number of piperidine rings is 1. The van der Waals surface area contributed by atoms with E-state index < -0.39 is 39.2 Å². The summed E-state index contributed by atoms with van der Waals surface area (Å²) in [5, 5.41) is 11.6. The lowest BCUT2D eigenvalue weighted by Crippen LogP contribution is -2.49. The van der Waals surface area contributed by atoms with Crippen LogP contribution < -0.4 is 14.8 Å². The summed E-state index contributed by atoms with van der Waals surface area (Å²) in [4.78, 5) is 28.4. The lowest BCUT2D eigenvalue weighted by molar-refractivity contribution is 0.0686. The van der Waals surface area contributed by atoms with Gasteiger partial charge in [0.2, 0.25) is 10.0 Å². The Labute approximate surface area is 267 Å². The van der Waals surface area contributed by atoms with Crippen LogP contribution in [0.1, 0.15) is 48.5 Å². The highest BCUT2D eigenvalue weighted by atomic mass is 35.5. The highest BCUT2D eigenvalue weighted by Gasteiger charge is 2.29. The van der Waals surface area contributed by atoms with Gasteiger partial charge in [-0.15, -0.1) is 12.4 Å². The van der Waals surface area contributed by atoms with Crippen molar-refractivity contribution in [1.29, 1.82) is 0 Å². The molecule has 3 aromatic carbocycles. The molecular weight excluding hydrogens is 630 g/mol. The molecule has 10 nitrogen and oxygen atoms in total. The van der Waals surface area contributed by atoms with Crippen LogP contribution >= 0.6 is 12.4 Å². The third-order valence-corrected chi connectivity index (χ3v) is 7.89. The van der Waals surface area contributed by atoms with Gasteiger partial charge in [-0.3, -0.25) is 9.62 Å². The minimum atomic E-state index is -3.35. The largest absolute Gasteiger partial charge is 0.477 e. The van der Waals surface area contributed by atoms with Gasteiger partial charge in [0, 0.05) is 37.9 Å². The average Bonchev–Trinajstić information content (AvgIpc) is 2.97. The summed E-state index contributed by atoms with van der Waals surface area (Å²) in [5.41, 5.74) is 0.0596. The van der Waals surface area contributed by atoms with Crippen molar-refractivity contribution in [2.45, 2.75) is 45.2 Å². The maximum absolute atomic E-state index is 14.7. The highest BCUT2D eigenvalue weighted by Crippen LogP contribution is 2.26. The SMILES string of the molecule is CCCCN(C(=O)Nc1ccc(F)c(C(=O)O)c1F)C1CCN(Cc2ccc(Oc3ccc(NS(C)(=O)=O)cc3)cc2)CC1.Cl. The molecule has 3 aromatic rings. The summed E-state index contributed by atoms with van der Waals surface area (Å²) in [6, 6.07) is 15.5. The molecule has 4 rings (SSSR count). The first kappa shape index (κ1) is 35.5. The zero-order chi connectivity index (χ0) is 31.9. The molecule has 0 unspecified atom stereocenters. The van der Waals surface area contributed by atoms with Crippen LogP contribution in [0.4, 0.5) is 25.0 Å². The Morgan fingerprint density at radius 1 is 1.00 bits per heavy atom. The third kappa shape index (κ3) is 10.0. The Morgan fingerprint density at radius 3 is 2.16 bits per heavy atom. The molecule has 0 spiro atoms. The normalized spacial score (nSPS) is 13.9. The van der Waals surface area contributed by atoms with Crippen molar-refractivity contribution in [2.24, 2.45) is 0 Å². The van der Waals surface area contributed by atoms with Gasteiger partial charge in [0.15, 0.2) is 5.82 Å². The fourth-order valence-corrected chi connectivity index (χ4v) is 5.63. The van der Waals surface area contributed by atoms with E-state index in [1.807, 2.05) is 31.2 Å². The molecule has 0 bridgehead atoms. The number of likely N-dealkylation sites (tertiary alicyclic amines) is 1. The van der Waals surface area contributed by atoms with Gasteiger partial charge in [-0.05, 0) is 73.4 Å². The second-order valence-corrected chi connectivity index (χ2v) is 12.5. The smallest absolute Gasteiger partial charge is 0.341 e. The number of carboxylic acid groups (broad SMARTS) is 1. The van der Waals surface area contributed by atoms with Crippen LogP contribution in [0.3, 0.4) is 0 Å². The summed E-state index contributed by atoms with van der Waals surface area (Å²) < 4.78 is 59.5. The number of hydrogen-bond donors (Lipinski definition) is 3. The van der Waals surface area contributed by atoms with E-state index in [1.54, 1.807) is 29.2 Å². The number of ether oxygens (including phenoxy) is 1. The molecule has 2 amide bonds. The van der Waals surface area contributed by atoms with Crippen molar-refractivity contribution in [2.75, 3.05) is 35.9 Å². The van der Waals surface area contributed by atoms with Crippen LogP contribution in [-0.4, -0.2) is 67.3 Å². The first-order valence-electron chi connectivity index (χ1n) is 14.3. The molecular formula is C31H37ClF2N4O6S. The fraction of sp³-hybridized carbons (Fsp3) is 0.355. The van der Waals surface area contributed by atoms with E-state index >= 15 is 0 Å². The van der Waals surface area contributed by atoms with Crippen molar-refractivity contribution in [3.05, 3.63) is 83.4 Å². The minimum Gasteiger partial charge on any atom is -0.477 e. The summed E-state index contributed by atoms with van der Waals surface area (Å²) in [5.74, 6) is -3.06. The zero-order valence-corrected chi connectivity index (χ0v) is 26.6. The third-order valence-electron chi connectivity index (χ3n) is 7.28. The van der Waals surface area contributed by atoms with Gasteiger partial charge in [-0.1, -0.05) is 25.5 Å². The van der Waals surface area contributed by atoms with E-state index in [9.17, 15) is 26.8 Å². The minimum absolute atomic E-state index is 0. The van der Waals surface area contributed by atoms with Crippen LogP contribution in [0.5, 0.6) is 11.5 Å². The van der Waals surface area contributed by atoms with E-state index in [-0.39, 0.29) is 24.1 Å². The van der Waals surface area contributed by atoms with Crippen molar-refractivity contribution < 1.29 is 36.6 Å². The van der Waals surface area contributed by atoms with Gasteiger partial charge in [-0.25, -0.2) is 26.8 Å². The number of nitrogens with zero attached hydrogens (tertiary/aromatic N) is 2. The van der Waals surface area contributed by atoms with E-state index in [4.69, 9.17) is 9.84 Å². The predicted molar refractivity (Wildman–Crippen MR) is 171 cm³/mol. The average molecular weight is 667 g/mol. The zero-order valence-electron chi connectivity index (χ0n) is 25.0. The number of amides is 2. The molecule has 3 N–H and O–H groups in total. The van der Waals surface area contributed by atoms with E-state index in [0.717, 1.165) is 49.9 Å². The van der Waals surface area contributed by atoms with E-state index in [1.165, 1.54) is 0 Å². The molecule has 0 aliphatic carbocycles. The molecule has 1 aliphatic heterocycles. The van der Waals surface area contributed by atoms with Gasteiger partial charge in [0.25, 0.3) is 0 Å². The Bertz CT molecular complexity index is 1570. The van der Waals surface area contributed by atoms with Crippen LogP contribution in [0.25, 0.3) is 0 Å². The molecule has 45 heavy (non-hydrogen) atoms. The molecule has 1 heterocycles. The number of carboxylic acids is 1. The van der Waals surface area contributed by atoms with Crippen LogP contribution in [0, 0.1) is 11.6 Å². The maximum Gasteiger partial charge on any atom is 0.341 e. The lowest BCUT2D eigenvalue weighted by atomic mass is 10.0. The van der Waals surface area contributed by atoms with Crippen molar-refractivity contribution in [3.8, 4) is 11.5 Å². The Morgan fingerprint density at radius 2 is 1.60 bits per heavy atom. The van der Waals surface area contributed by atoms with Crippen LogP contribution in [0.2, 0.25) is 0 Å². The number of benzene rings is 3. The molecule has 0 saturated carbocycles. The monoisotopic (exact) mass is 666 g/mol. The Balaban J connectivity index is 0.00000552. The first-order valence-corrected chi connectivity index (χ1v) is 16.2. The van der Waals surface area contributed by atoms with E-state index in [2.05, 4.69) is 14.9 Å². The second-order valence-electron chi connectivity index (χ2n) is 10.7. The van der Waals surface area contributed by atoms with Gasteiger partial charge in [-0.2, -0.15) is 0 Å². The molecule has 0 aromatic heterocycles. The number of carbonyl (C=O) groups is 2. The van der Waals surface area contributed by atoms with E-state index in [0.29, 0.717) is 43.1 Å². The molecule has 244 valence electrons. The van der Waals surface area contributed by atoms with Crippen molar-refractivity contribution in [3.63, 3.8) is 0 Å². The summed E-state index contributed by atoms with van der Waals surface area (Å²) in [6.45, 7) is 4.64. The molecule has 0 atom stereocenters. The number of sulfonamides is 1. The molecule has 1 saturated heterocycles. The number of unbranched alkanes of at least 4 members (excludes halogenated alkanes) is 1.